The zero-order valence-electron chi connectivity index (χ0n) is 14.8. The van der Waals surface area contributed by atoms with Crippen LogP contribution in [0.1, 0.15) is 18.1 Å². The molecule has 24 heavy (non-hydrogen) atoms. The van der Waals surface area contributed by atoms with E-state index in [9.17, 15) is 4.79 Å². The Morgan fingerprint density at radius 1 is 1.17 bits per heavy atom. The van der Waals surface area contributed by atoms with Crippen LogP contribution in [-0.4, -0.2) is 68.2 Å². The van der Waals surface area contributed by atoms with Crippen molar-refractivity contribution in [1.82, 2.24) is 15.1 Å². The largest absolute Gasteiger partial charge is 0.383 e. The van der Waals surface area contributed by atoms with Crippen molar-refractivity contribution in [2.45, 2.75) is 26.1 Å². The summed E-state index contributed by atoms with van der Waals surface area (Å²) in [6.45, 7) is 9.64. The Morgan fingerprint density at radius 3 is 2.33 bits per heavy atom. The molecule has 1 amide bonds. The van der Waals surface area contributed by atoms with Gasteiger partial charge in [0.25, 0.3) is 0 Å². The van der Waals surface area contributed by atoms with Crippen LogP contribution < -0.4 is 11.1 Å². The van der Waals surface area contributed by atoms with Crippen molar-refractivity contribution >= 4 is 5.91 Å². The fraction of sp³-hybridized carbons (Fsp3) is 0.611. The molecule has 1 atom stereocenters. The molecule has 0 aromatic heterocycles. The van der Waals surface area contributed by atoms with Crippen LogP contribution in [0, 0.1) is 0 Å². The highest BCUT2D eigenvalue weighted by molar-refractivity contribution is 5.81. The van der Waals surface area contributed by atoms with Gasteiger partial charge in [0, 0.05) is 46.4 Å². The summed E-state index contributed by atoms with van der Waals surface area (Å²) < 4.78 is 4.88. The standard InChI is InChI=1S/C18H30N4O2/c1-3-21-8-10-22(11-9-21)13-16-6-4-15(5-7-16)12-20-18(23)17(19)14-24-2/h4-7,17H,3,8-14,19H2,1-2H3,(H,20,23). The van der Waals surface area contributed by atoms with Crippen LogP contribution in [0.25, 0.3) is 0 Å². The number of carbonyl (C=O) groups is 1. The second-order valence-corrected chi connectivity index (χ2v) is 6.31. The summed E-state index contributed by atoms with van der Waals surface area (Å²) in [5.41, 5.74) is 8.08. The highest BCUT2D eigenvalue weighted by Crippen LogP contribution is 2.10. The van der Waals surface area contributed by atoms with Crippen molar-refractivity contribution in [3.05, 3.63) is 35.4 Å². The number of carbonyl (C=O) groups excluding carboxylic acids is 1. The van der Waals surface area contributed by atoms with Crippen molar-refractivity contribution in [3.63, 3.8) is 0 Å². The Bertz CT molecular complexity index is 498. The number of benzene rings is 1. The maximum absolute atomic E-state index is 11.8. The van der Waals surface area contributed by atoms with Crippen LogP contribution in [0.2, 0.25) is 0 Å². The summed E-state index contributed by atoms with van der Waals surface area (Å²) in [4.78, 5) is 16.7. The van der Waals surface area contributed by atoms with Crippen LogP contribution in [0.4, 0.5) is 0 Å². The maximum atomic E-state index is 11.8. The Hall–Kier alpha value is -1.47. The maximum Gasteiger partial charge on any atom is 0.239 e. The van der Waals surface area contributed by atoms with Crippen molar-refractivity contribution < 1.29 is 9.53 Å². The molecule has 0 aliphatic carbocycles. The van der Waals surface area contributed by atoms with Crippen molar-refractivity contribution in [1.29, 1.82) is 0 Å². The Kier molecular flexibility index (Phi) is 7.65. The summed E-state index contributed by atoms with van der Waals surface area (Å²) in [6.07, 6.45) is 0. The van der Waals surface area contributed by atoms with Crippen LogP contribution in [0.5, 0.6) is 0 Å². The fourth-order valence-corrected chi connectivity index (χ4v) is 2.86. The van der Waals surface area contributed by atoms with Gasteiger partial charge >= 0.3 is 0 Å². The normalized spacial score (nSPS) is 17.6. The SMILES string of the molecule is CCN1CCN(Cc2ccc(CNC(=O)C(N)COC)cc2)CC1. The lowest BCUT2D eigenvalue weighted by atomic mass is 10.1. The number of methoxy groups -OCH3 is 1. The van der Waals surface area contributed by atoms with Gasteiger partial charge in [-0.3, -0.25) is 9.69 Å². The first kappa shape index (κ1) is 18.9. The molecule has 6 nitrogen and oxygen atoms in total. The minimum atomic E-state index is -0.615. The molecule has 1 saturated heterocycles. The molecule has 1 heterocycles. The van der Waals surface area contributed by atoms with Gasteiger partial charge in [0.15, 0.2) is 0 Å². The molecule has 3 N–H and O–H groups in total. The van der Waals surface area contributed by atoms with E-state index in [1.54, 1.807) is 0 Å². The van der Waals surface area contributed by atoms with E-state index in [0.29, 0.717) is 6.54 Å². The van der Waals surface area contributed by atoms with Gasteiger partial charge in [-0.25, -0.2) is 0 Å². The van der Waals surface area contributed by atoms with Gasteiger partial charge in [0.2, 0.25) is 5.91 Å². The number of piperazine rings is 1. The zero-order chi connectivity index (χ0) is 17.4. The fourth-order valence-electron chi connectivity index (χ4n) is 2.86. The monoisotopic (exact) mass is 334 g/mol. The number of hydrogen-bond donors (Lipinski definition) is 2. The lowest BCUT2D eigenvalue weighted by Crippen LogP contribution is -2.45. The second kappa shape index (κ2) is 9.74. The molecule has 1 fully saturated rings. The van der Waals surface area contributed by atoms with E-state index in [4.69, 9.17) is 10.5 Å². The molecule has 1 aliphatic heterocycles. The van der Waals surface area contributed by atoms with Crippen LogP contribution in [0.15, 0.2) is 24.3 Å². The predicted octanol–water partition coefficient (Wildman–Crippen LogP) is 0.414. The average molecular weight is 334 g/mol. The number of nitrogens with one attached hydrogen (secondary N) is 1. The van der Waals surface area contributed by atoms with Crippen LogP contribution in [-0.2, 0) is 22.6 Å². The van der Waals surface area contributed by atoms with Gasteiger partial charge in [0.1, 0.15) is 6.04 Å². The quantitative estimate of drug-likeness (QED) is 0.721. The minimum absolute atomic E-state index is 0.185. The molecule has 0 radical (unpaired) electrons. The number of nitrogens with zero attached hydrogens (tertiary/aromatic N) is 2. The van der Waals surface area contributed by atoms with Gasteiger partial charge in [-0.05, 0) is 17.7 Å². The molecule has 2 rings (SSSR count). The highest BCUT2D eigenvalue weighted by Gasteiger charge is 2.15. The lowest BCUT2D eigenvalue weighted by Gasteiger charge is -2.34. The van der Waals surface area contributed by atoms with Gasteiger partial charge in [-0.15, -0.1) is 0 Å². The summed E-state index contributed by atoms with van der Waals surface area (Å²) in [5, 5.41) is 2.84. The Morgan fingerprint density at radius 2 is 1.75 bits per heavy atom. The molecule has 6 heteroatoms. The van der Waals surface area contributed by atoms with E-state index in [1.807, 2.05) is 0 Å². The first-order valence-corrected chi connectivity index (χ1v) is 8.67. The highest BCUT2D eigenvalue weighted by atomic mass is 16.5. The predicted molar refractivity (Wildman–Crippen MR) is 95.5 cm³/mol. The first-order chi connectivity index (χ1) is 11.6. The van der Waals surface area contributed by atoms with Gasteiger partial charge < -0.3 is 20.7 Å². The van der Waals surface area contributed by atoms with Crippen LogP contribution in [0.3, 0.4) is 0 Å². The van der Waals surface area contributed by atoms with Gasteiger partial charge in [-0.1, -0.05) is 31.2 Å². The third-order valence-corrected chi connectivity index (χ3v) is 4.49. The Labute approximate surface area is 144 Å². The number of rotatable bonds is 8. The Balaban J connectivity index is 1.75. The lowest BCUT2D eigenvalue weighted by molar-refractivity contribution is -0.123. The van der Waals surface area contributed by atoms with Crippen molar-refractivity contribution in [3.8, 4) is 0 Å². The molecule has 1 unspecified atom stereocenters. The van der Waals surface area contributed by atoms with Gasteiger partial charge in [0.05, 0.1) is 6.61 Å². The van der Waals surface area contributed by atoms with Crippen LogP contribution >= 0.6 is 0 Å². The smallest absolute Gasteiger partial charge is 0.239 e. The summed E-state index contributed by atoms with van der Waals surface area (Å²) >= 11 is 0. The van der Waals surface area contributed by atoms with Crippen molar-refractivity contribution in [2.24, 2.45) is 5.73 Å². The second-order valence-electron chi connectivity index (χ2n) is 6.31. The minimum Gasteiger partial charge on any atom is -0.383 e. The topological polar surface area (TPSA) is 70.8 Å². The number of ether oxygens (including phenoxy) is 1. The van der Waals surface area contributed by atoms with E-state index in [1.165, 1.54) is 12.7 Å². The van der Waals surface area contributed by atoms with Gasteiger partial charge in [-0.2, -0.15) is 0 Å². The summed E-state index contributed by atoms with van der Waals surface area (Å²) in [6, 6.07) is 7.81. The van der Waals surface area contributed by atoms with E-state index < -0.39 is 6.04 Å². The third kappa shape index (κ3) is 5.87. The number of likely N-dealkylation sites (N-methyl/N-ethyl adjacent to an activating group) is 1. The molecule has 0 spiro atoms. The van der Waals surface area contributed by atoms with E-state index in [-0.39, 0.29) is 12.5 Å². The summed E-state index contributed by atoms with van der Waals surface area (Å²) in [7, 11) is 1.54. The average Bonchev–Trinajstić information content (AvgIpc) is 2.61. The van der Waals surface area contributed by atoms with E-state index in [0.717, 1.165) is 44.8 Å². The molecule has 0 bridgehead atoms. The van der Waals surface area contributed by atoms with E-state index in [2.05, 4.69) is 46.3 Å². The summed E-state index contributed by atoms with van der Waals surface area (Å²) in [5.74, 6) is -0.185. The molecule has 134 valence electrons. The molecule has 0 saturated carbocycles. The van der Waals surface area contributed by atoms with E-state index >= 15 is 0 Å². The number of hydrogen-bond acceptors (Lipinski definition) is 5. The third-order valence-electron chi connectivity index (χ3n) is 4.49. The van der Waals surface area contributed by atoms with Crippen molar-refractivity contribution in [2.75, 3.05) is 46.4 Å². The zero-order valence-corrected chi connectivity index (χ0v) is 14.8. The first-order valence-electron chi connectivity index (χ1n) is 8.67. The molecule has 1 aliphatic rings. The number of amides is 1. The number of nitrogens with two attached hydrogens (primary N) is 1. The molecular formula is C18H30N4O2. The molecule has 1 aromatic rings. The molecular weight excluding hydrogens is 304 g/mol. The molecule has 1 aromatic carbocycles.